The molecule has 0 radical (unpaired) electrons. The van der Waals surface area contributed by atoms with Crippen LogP contribution in [0, 0.1) is 0 Å². The molecule has 1 rings (SSSR count). The van der Waals surface area contributed by atoms with Gasteiger partial charge in [-0.2, -0.15) is 0 Å². The number of pyridine rings is 1. The van der Waals surface area contributed by atoms with Crippen LogP contribution < -0.4 is 0 Å². The van der Waals surface area contributed by atoms with Gasteiger partial charge >= 0.3 is 0 Å². The Hall–Kier alpha value is -1.04. The van der Waals surface area contributed by atoms with Crippen LogP contribution in [0.2, 0.25) is 0 Å². The average Bonchev–Trinajstić information content (AvgIpc) is 2.09. The Morgan fingerprint density at radius 2 is 2.23 bits per heavy atom. The zero-order valence-electron chi connectivity index (χ0n) is 6.17. The largest absolute Gasteiger partial charge is 0.504 e. The maximum Gasteiger partial charge on any atom is 0.266 e. The third-order valence-electron chi connectivity index (χ3n) is 1.39. The lowest BCUT2D eigenvalue weighted by Crippen LogP contribution is -1.94. The summed E-state index contributed by atoms with van der Waals surface area (Å²) in [5.74, 6) is -0.562. The topological polar surface area (TPSA) is 50.2 Å². The third-order valence-corrected chi connectivity index (χ3v) is 2.23. The van der Waals surface area contributed by atoms with Gasteiger partial charge in [0, 0.05) is 6.20 Å². The summed E-state index contributed by atoms with van der Waals surface area (Å²) in [4.78, 5) is 13.6. The zero-order valence-corrected chi connectivity index (χ0v) is 7.75. The molecule has 13 heavy (non-hydrogen) atoms. The van der Waals surface area contributed by atoms with Crippen molar-refractivity contribution >= 4 is 22.2 Å². The Morgan fingerprint density at radius 1 is 1.62 bits per heavy atom. The molecular weight excluding hydrogens is 248 g/mol. The van der Waals surface area contributed by atoms with E-state index in [1.165, 1.54) is 0 Å². The van der Waals surface area contributed by atoms with Crippen LogP contribution in [0.3, 0.4) is 0 Å². The Bertz CT molecular complexity index is 344. The number of aromatic nitrogens is 1. The van der Waals surface area contributed by atoms with E-state index in [-0.39, 0.29) is 16.5 Å². The molecule has 0 bridgehead atoms. The van der Waals surface area contributed by atoms with Gasteiger partial charge in [-0.1, -0.05) is 0 Å². The van der Waals surface area contributed by atoms with Crippen molar-refractivity contribution in [3.8, 4) is 5.75 Å². The van der Waals surface area contributed by atoms with E-state index >= 15 is 0 Å². The van der Waals surface area contributed by atoms with Crippen molar-refractivity contribution < 1.29 is 18.7 Å². The number of alkyl halides is 2. The van der Waals surface area contributed by atoms with Crippen LogP contribution in [0.4, 0.5) is 8.78 Å². The first kappa shape index (κ1) is 10.0. The number of hydrogen-bond acceptors (Lipinski definition) is 3. The molecule has 0 aliphatic rings. The molecule has 0 spiro atoms. The molecule has 1 aromatic rings. The molecule has 3 nitrogen and oxygen atoms in total. The Morgan fingerprint density at radius 3 is 2.69 bits per heavy atom. The Labute approximate surface area is 80.5 Å². The first-order valence-corrected chi connectivity index (χ1v) is 3.98. The molecule has 0 fully saturated rings. The lowest BCUT2D eigenvalue weighted by molar-refractivity contribution is 0.111. The van der Waals surface area contributed by atoms with E-state index < -0.39 is 17.7 Å². The van der Waals surface area contributed by atoms with Gasteiger partial charge in [0.25, 0.3) is 6.43 Å². The fraction of sp³-hybridized carbons (Fsp3) is 0.143. The van der Waals surface area contributed by atoms with Crippen LogP contribution >= 0.6 is 15.9 Å². The predicted molar refractivity (Wildman–Crippen MR) is 43.9 cm³/mol. The summed E-state index contributed by atoms with van der Waals surface area (Å²) in [5, 5.41) is 9.15. The molecule has 0 unspecified atom stereocenters. The van der Waals surface area contributed by atoms with E-state index in [0.29, 0.717) is 0 Å². The Balaban J connectivity index is 3.31. The van der Waals surface area contributed by atoms with E-state index in [4.69, 9.17) is 5.11 Å². The highest BCUT2D eigenvalue weighted by atomic mass is 79.9. The van der Waals surface area contributed by atoms with E-state index in [1.54, 1.807) is 0 Å². The van der Waals surface area contributed by atoms with Crippen molar-refractivity contribution in [3.63, 3.8) is 0 Å². The number of rotatable bonds is 2. The minimum absolute atomic E-state index is 0.195. The predicted octanol–water partition coefficient (Wildman–Crippen LogP) is 2.30. The van der Waals surface area contributed by atoms with Gasteiger partial charge in [0.2, 0.25) is 0 Å². The van der Waals surface area contributed by atoms with Crippen LogP contribution in [0.15, 0.2) is 10.7 Å². The summed E-state index contributed by atoms with van der Waals surface area (Å²) in [7, 11) is 0. The summed E-state index contributed by atoms with van der Waals surface area (Å²) in [6, 6.07) is 0. The number of carbonyl (C=O) groups is 1. The van der Waals surface area contributed by atoms with Crippen molar-refractivity contribution in [1.82, 2.24) is 4.98 Å². The summed E-state index contributed by atoms with van der Waals surface area (Å²) in [5.41, 5.74) is -0.709. The monoisotopic (exact) mass is 251 g/mol. The molecule has 1 aromatic heterocycles. The van der Waals surface area contributed by atoms with E-state index in [1.807, 2.05) is 0 Å². The molecule has 1 heterocycles. The van der Waals surface area contributed by atoms with Crippen LogP contribution in [0.5, 0.6) is 5.75 Å². The molecule has 0 saturated carbocycles. The lowest BCUT2D eigenvalue weighted by atomic mass is 10.2. The molecule has 0 saturated heterocycles. The Kier molecular flexibility index (Phi) is 2.92. The molecule has 0 aliphatic carbocycles. The van der Waals surface area contributed by atoms with Crippen molar-refractivity contribution in [2.45, 2.75) is 6.43 Å². The molecule has 0 aliphatic heterocycles. The van der Waals surface area contributed by atoms with Crippen molar-refractivity contribution in [2.24, 2.45) is 0 Å². The van der Waals surface area contributed by atoms with Crippen molar-refractivity contribution in [1.29, 1.82) is 0 Å². The van der Waals surface area contributed by atoms with Crippen molar-refractivity contribution in [3.05, 3.63) is 21.9 Å². The normalized spacial score (nSPS) is 10.5. The summed E-state index contributed by atoms with van der Waals surface area (Å²) >= 11 is 2.74. The van der Waals surface area contributed by atoms with Gasteiger partial charge in [0.05, 0.1) is 10.0 Å². The second-order valence-corrected chi connectivity index (χ2v) is 2.97. The molecular formula is C7H4BrF2NO2. The number of aromatic hydroxyl groups is 1. The molecule has 0 aromatic carbocycles. The van der Waals surface area contributed by atoms with Gasteiger partial charge in [-0.25, -0.2) is 13.8 Å². The molecule has 0 atom stereocenters. The number of aldehydes is 1. The standard InChI is InChI=1S/C7H4BrF2NO2/c8-5-3(7(9)10)1-11-4(2-12)6(5)13/h1-2,7,13H. The first-order chi connectivity index (χ1) is 6.07. The van der Waals surface area contributed by atoms with Crippen LogP contribution in [0.25, 0.3) is 0 Å². The number of nitrogens with zero attached hydrogens (tertiary/aromatic N) is 1. The maximum absolute atomic E-state index is 12.2. The van der Waals surface area contributed by atoms with Gasteiger partial charge in [0.1, 0.15) is 5.69 Å². The van der Waals surface area contributed by atoms with E-state index in [9.17, 15) is 13.6 Å². The quantitative estimate of drug-likeness (QED) is 0.821. The van der Waals surface area contributed by atoms with E-state index in [2.05, 4.69) is 20.9 Å². The molecule has 0 amide bonds. The number of hydrogen-bond donors (Lipinski definition) is 1. The maximum atomic E-state index is 12.2. The third kappa shape index (κ3) is 1.82. The second-order valence-electron chi connectivity index (χ2n) is 2.18. The van der Waals surface area contributed by atoms with Crippen LogP contribution in [0.1, 0.15) is 22.5 Å². The van der Waals surface area contributed by atoms with Gasteiger partial charge in [-0.3, -0.25) is 4.79 Å². The summed E-state index contributed by atoms with van der Waals surface area (Å²) in [6.45, 7) is 0. The zero-order chi connectivity index (χ0) is 10.0. The van der Waals surface area contributed by atoms with Gasteiger partial charge in [-0.15, -0.1) is 0 Å². The minimum Gasteiger partial charge on any atom is -0.504 e. The number of carbonyl (C=O) groups excluding carboxylic acids is 1. The highest BCUT2D eigenvalue weighted by Crippen LogP contribution is 2.34. The highest BCUT2D eigenvalue weighted by molar-refractivity contribution is 9.10. The number of halogens is 3. The highest BCUT2D eigenvalue weighted by Gasteiger charge is 2.17. The molecule has 70 valence electrons. The summed E-state index contributed by atoms with van der Waals surface area (Å²) < 4.78 is 24.2. The van der Waals surface area contributed by atoms with E-state index in [0.717, 1.165) is 6.20 Å². The SMILES string of the molecule is O=Cc1ncc(C(F)F)c(Br)c1O. The van der Waals surface area contributed by atoms with Crippen LogP contribution in [-0.2, 0) is 0 Å². The smallest absolute Gasteiger partial charge is 0.266 e. The van der Waals surface area contributed by atoms with Crippen molar-refractivity contribution in [2.75, 3.05) is 0 Å². The fourth-order valence-electron chi connectivity index (χ4n) is 0.744. The van der Waals surface area contributed by atoms with Gasteiger partial charge in [0.15, 0.2) is 12.0 Å². The molecule has 1 N–H and O–H groups in total. The van der Waals surface area contributed by atoms with Gasteiger partial charge < -0.3 is 5.11 Å². The fourth-order valence-corrected chi connectivity index (χ4v) is 1.22. The second kappa shape index (κ2) is 3.78. The minimum atomic E-state index is -2.74. The summed E-state index contributed by atoms with van der Waals surface area (Å²) in [6.07, 6.45) is -1.61. The average molecular weight is 252 g/mol. The first-order valence-electron chi connectivity index (χ1n) is 3.18. The molecule has 6 heteroatoms. The lowest BCUT2D eigenvalue weighted by Gasteiger charge is -2.05. The van der Waals surface area contributed by atoms with Crippen LogP contribution in [-0.4, -0.2) is 16.4 Å². The van der Waals surface area contributed by atoms with Gasteiger partial charge in [-0.05, 0) is 15.9 Å².